The third kappa shape index (κ3) is 7.90. The molecule has 0 heterocycles. The van der Waals surface area contributed by atoms with Gasteiger partial charge in [0.2, 0.25) is 0 Å². The molecule has 4 fully saturated rings. The molecule has 0 unspecified atom stereocenters. The van der Waals surface area contributed by atoms with Crippen LogP contribution in [0, 0.1) is 35.5 Å². The van der Waals surface area contributed by atoms with Crippen LogP contribution in [0.4, 0.5) is 9.59 Å². The van der Waals surface area contributed by atoms with Gasteiger partial charge in [0, 0.05) is 50.2 Å². The zero-order chi connectivity index (χ0) is 29.9. The van der Waals surface area contributed by atoms with E-state index in [1.807, 2.05) is 51.3 Å². The summed E-state index contributed by atoms with van der Waals surface area (Å²) < 4.78 is 11.8. The zero-order valence-electron chi connectivity index (χ0n) is 26.6. The van der Waals surface area contributed by atoms with E-state index in [-0.39, 0.29) is 49.3 Å². The Hall–Kier alpha value is -1.54. The molecule has 4 rings (SSSR count). The molecule has 0 spiro atoms. The number of nitrogens with zero attached hydrogens (tertiary/aromatic N) is 2. The Morgan fingerprint density at radius 3 is 1.37 bits per heavy atom. The fourth-order valence-electron chi connectivity index (χ4n) is 8.79. The lowest BCUT2D eigenvalue weighted by Crippen LogP contribution is -2.49. The largest absolute Gasteiger partial charge is 0.444 e. The normalized spacial score (nSPS) is 33.6. The van der Waals surface area contributed by atoms with Gasteiger partial charge in [-0.05, 0) is 97.3 Å². The summed E-state index contributed by atoms with van der Waals surface area (Å²) in [4.78, 5) is 31.0. The van der Waals surface area contributed by atoms with Gasteiger partial charge in [-0.25, -0.2) is 9.59 Å². The fourth-order valence-corrected chi connectivity index (χ4v) is 8.79. The molecule has 0 radical (unpaired) electrons. The van der Waals surface area contributed by atoms with Crippen molar-refractivity contribution in [3.63, 3.8) is 0 Å². The van der Waals surface area contributed by atoms with Crippen molar-refractivity contribution >= 4 is 12.2 Å². The predicted molar refractivity (Wildman–Crippen MR) is 159 cm³/mol. The molecule has 2 amide bonds. The van der Waals surface area contributed by atoms with Gasteiger partial charge >= 0.3 is 12.2 Å². The average Bonchev–Trinajstić information content (AvgIpc) is 3.44. The molecule has 0 aliphatic heterocycles. The molecule has 8 nitrogen and oxygen atoms in total. The highest BCUT2D eigenvalue weighted by atomic mass is 16.6. The lowest BCUT2D eigenvalue weighted by molar-refractivity contribution is -0.000589. The maximum Gasteiger partial charge on any atom is 0.410 e. The second kappa shape index (κ2) is 13.4. The monoisotopic (exact) mass is 578 g/mol. The van der Waals surface area contributed by atoms with Crippen LogP contribution in [-0.2, 0) is 9.47 Å². The summed E-state index contributed by atoms with van der Waals surface area (Å²) in [5.41, 5.74) is -1.24. The van der Waals surface area contributed by atoms with Crippen LogP contribution in [-0.4, -0.2) is 81.8 Å². The molecule has 0 aromatic rings. The maximum absolute atomic E-state index is 13.6. The number of ether oxygens (including phenoxy) is 2. The molecule has 0 saturated heterocycles. The Morgan fingerprint density at radius 1 is 0.659 bits per heavy atom. The first kappa shape index (κ1) is 32.4. The van der Waals surface area contributed by atoms with Crippen LogP contribution in [0.1, 0.15) is 112 Å². The van der Waals surface area contributed by atoms with Gasteiger partial charge in [-0.1, -0.05) is 38.5 Å². The van der Waals surface area contributed by atoms with Crippen molar-refractivity contribution in [2.75, 3.05) is 26.3 Å². The Labute approximate surface area is 248 Å². The van der Waals surface area contributed by atoms with Gasteiger partial charge in [-0.2, -0.15) is 0 Å². The van der Waals surface area contributed by atoms with E-state index < -0.39 is 11.2 Å². The molecule has 0 bridgehead atoms. The summed E-state index contributed by atoms with van der Waals surface area (Å²) in [7, 11) is 0. The van der Waals surface area contributed by atoms with Gasteiger partial charge < -0.3 is 29.5 Å². The fraction of sp³-hybridized carbons (Fsp3) is 0.939. The van der Waals surface area contributed by atoms with Gasteiger partial charge in [0.05, 0.1) is 0 Å². The van der Waals surface area contributed by atoms with Crippen LogP contribution in [0.5, 0.6) is 0 Å². The van der Waals surface area contributed by atoms with Crippen molar-refractivity contribution in [2.45, 2.75) is 135 Å². The van der Waals surface area contributed by atoms with Crippen LogP contribution in [0.3, 0.4) is 0 Å². The topological polar surface area (TPSA) is 99.5 Å². The van der Waals surface area contributed by atoms with Crippen LogP contribution in [0.2, 0.25) is 0 Å². The summed E-state index contributed by atoms with van der Waals surface area (Å²) in [5, 5.41) is 20.9. The van der Waals surface area contributed by atoms with Gasteiger partial charge in [0.1, 0.15) is 11.2 Å². The van der Waals surface area contributed by atoms with Crippen LogP contribution >= 0.6 is 0 Å². The minimum absolute atomic E-state index is 0.0579. The number of rotatable bonds is 8. The maximum atomic E-state index is 13.6. The molecule has 8 heteroatoms. The SMILES string of the molecule is CC(C)(C)OC(=O)N(CCCN(C(=O)OC(C)(C)C)[C@@H]1C[C@@H]2CCCC[C@H]2[C@@H]1CO)[C@@H]1C[C@@H]2CCCC[C@H]2[C@@H]1CO. The van der Waals surface area contributed by atoms with Crippen LogP contribution in [0.15, 0.2) is 0 Å². The molecule has 4 saturated carbocycles. The minimum atomic E-state index is -0.619. The summed E-state index contributed by atoms with van der Waals surface area (Å²) in [6.45, 7) is 12.4. The van der Waals surface area contributed by atoms with Crippen molar-refractivity contribution < 1.29 is 29.3 Å². The molecule has 4 aliphatic carbocycles. The number of hydrogen-bond donors (Lipinski definition) is 2. The average molecular weight is 579 g/mol. The van der Waals surface area contributed by atoms with E-state index in [0.717, 1.165) is 25.7 Å². The second-order valence-electron chi connectivity index (χ2n) is 15.4. The highest BCUT2D eigenvalue weighted by Crippen LogP contribution is 2.49. The molecule has 8 atom stereocenters. The van der Waals surface area contributed by atoms with Crippen LogP contribution < -0.4 is 0 Å². The first-order valence-electron chi connectivity index (χ1n) is 16.5. The smallest absolute Gasteiger partial charge is 0.410 e. The summed E-state index contributed by atoms with van der Waals surface area (Å²) in [6, 6.07) is -0.116. The summed E-state index contributed by atoms with van der Waals surface area (Å²) in [5.74, 6) is 2.11. The second-order valence-corrected chi connectivity index (χ2v) is 15.4. The lowest BCUT2D eigenvalue weighted by Gasteiger charge is -2.37. The summed E-state index contributed by atoms with van der Waals surface area (Å²) in [6.07, 6.45) is 11.1. The lowest BCUT2D eigenvalue weighted by atomic mass is 9.78. The highest BCUT2D eigenvalue weighted by molar-refractivity contribution is 5.69. The number of aliphatic hydroxyl groups is 2. The van der Waals surface area contributed by atoms with Crippen molar-refractivity contribution in [3.8, 4) is 0 Å². The van der Waals surface area contributed by atoms with E-state index in [9.17, 15) is 19.8 Å². The Morgan fingerprint density at radius 2 is 1.02 bits per heavy atom. The van der Waals surface area contributed by atoms with Crippen LogP contribution in [0.25, 0.3) is 0 Å². The van der Waals surface area contributed by atoms with Gasteiger partial charge in [-0.15, -0.1) is 0 Å². The molecule has 236 valence electrons. The minimum Gasteiger partial charge on any atom is -0.444 e. The summed E-state index contributed by atoms with van der Waals surface area (Å²) >= 11 is 0. The molecular formula is C33H58N2O6. The zero-order valence-corrected chi connectivity index (χ0v) is 26.6. The van der Waals surface area contributed by atoms with Gasteiger partial charge in [-0.3, -0.25) is 0 Å². The Kier molecular flexibility index (Phi) is 10.6. The number of carbonyl (C=O) groups excluding carboxylic acids is 2. The van der Waals surface area contributed by atoms with E-state index in [1.54, 1.807) is 0 Å². The quantitative estimate of drug-likeness (QED) is 0.355. The molecular weight excluding hydrogens is 520 g/mol. The standard InChI is InChI=1S/C33H58N2O6/c1-32(2,3)40-30(38)34(28-18-22-12-7-9-14-24(22)26(28)20-36)16-11-17-35(31(39)41-33(4,5)6)29-19-23-13-8-10-15-25(23)27(29)21-37/h22-29,36-37H,7-21H2,1-6H3/t22-,23-,24+,25+,26-,27-,28+,29+/m0/s1. The highest BCUT2D eigenvalue weighted by Gasteiger charge is 2.49. The number of carbonyl (C=O) groups is 2. The Bertz CT molecular complexity index is 812. The first-order chi connectivity index (χ1) is 19.3. The van der Waals surface area contributed by atoms with E-state index in [0.29, 0.717) is 43.2 Å². The third-order valence-corrected chi connectivity index (χ3v) is 10.4. The van der Waals surface area contributed by atoms with Crippen molar-refractivity contribution in [1.82, 2.24) is 9.80 Å². The number of amides is 2. The predicted octanol–water partition coefficient (Wildman–Crippen LogP) is 6.23. The van der Waals surface area contributed by atoms with Gasteiger partial charge in [0.15, 0.2) is 0 Å². The van der Waals surface area contributed by atoms with Crippen molar-refractivity contribution in [2.24, 2.45) is 35.5 Å². The first-order valence-corrected chi connectivity index (χ1v) is 16.5. The van der Waals surface area contributed by atoms with Gasteiger partial charge in [0.25, 0.3) is 0 Å². The van der Waals surface area contributed by atoms with E-state index in [2.05, 4.69) is 0 Å². The van der Waals surface area contributed by atoms with E-state index >= 15 is 0 Å². The van der Waals surface area contributed by atoms with Crippen molar-refractivity contribution in [3.05, 3.63) is 0 Å². The molecule has 0 aromatic carbocycles. The molecule has 4 aliphatic rings. The number of fused-ring (bicyclic) bond motifs is 2. The Balaban J connectivity index is 1.53. The molecule has 41 heavy (non-hydrogen) atoms. The van der Waals surface area contributed by atoms with Crippen molar-refractivity contribution in [1.29, 1.82) is 0 Å². The number of aliphatic hydroxyl groups excluding tert-OH is 2. The molecule has 2 N–H and O–H groups in total. The van der Waals surface area contributed by atoms with E-state index in [1.165, 1.54) is 38.5 Å². The number of hydrogen-bond acceptors (Lipinski definition) is 6. The van der Waals surface area contributed by atoms with E-state index in [4.69, 9.17) is 9.47 Å². The molecule has 0 aromatic heterocycles. The third-order valence-electron chi connectivity index (χ3n) is 10.4.